The number of hydrogen-bond acceptors (Lipinski definition) is 4. The van der Waals surface area contributed by atoms with Crippen molar-refractivity contribution in [3.8, 4) is 0 Å². The first-order valence-electron chi connectivity index (χ1n) is 4.34. The van der Waals surface area contributed by atoms with Crippen LogP contribution in [0.5, 0.6) is 0 Å². The van der Waals surface area contributed by atoms with Crippen molar-refractivity contribution < 1.29 is 4.42 Å². The van der Waals surface area contributed by atoms with E-state index in [4.69, 9.17) is 10.2 Å². The fraction of sp³-hybridized carbons (Fsp3) is 0.333. The van der Waals surface area contributed by atoms with Crippen LogP contribution in [-0.4, -0.2) is 15.0 Å². The van der Waals surface area contributed by atoms with Gasteiger partial charge in [0.15, 0.2) is 0 Å². The molecule has 2 aromatic heterocycles. The lowest BCUT2D eigenvalue weighted by molar-refractivity contribution is 0.525. The van der Waals surface area contributed by atoms with Gasteiger partial charge in [0, 0.05) is 12.6 Å². The lowest BCUT2D eigenvalue weighted by Gasteiger charge is -2.09. The van der Waals surface area contributed by atoms with Gasteiger partial charge in [-0.1, -0.05) is 5.21 Å². The Balaban J connectivity index is 2.38. The molecule has 2 N–H and O–H groups in total. The number of rotatable bonds is 2. The maximum absolute atomic E-state index is 6.05. The Morgan fingerprint density at radius 2 is 2.36 bits per heavy atom. The molecule has 0 fully saturated rings. The van der Waals surface area contributed by atoms with Crippen LogP contribution in [0.3, 0.4) is 0 Å². The van der Waals surface area contributed by atoms with Gasteiger partial charge in [-0.3, -0.25) is 4.68 Å². The van der Waals surface area contributed by atoms with Crippen molar-refractivity contribution in [1.29, 1.82) is 0 Å². The molecular formula is C9H12N4O. The van der Waals surface area contributed by atoms with Crippen LogP contribution < -0.4 is 5.73 Å². The van der Waals surface area contributed by atoms with Gasteiger partial charge in [0.05, 0.1) is 24.2 Å². The van der Waals surface area contributed by atoms with Gasteiger partial charge in [-0.2, -0.15) is 0 Å². The molecule has 0 aliphatic carbocycles. The largest absolute Gasteiger partial charge is 0.469 e. The van der Waals surface area contributed by atoms with Crippen LogP contribution in [0.25, 0.3) is 0 Å². The first kappa shape index (κ1) is 8.96. The number of nitrogens with two attached hydrogens (primary N) is 1. The first-order chi connectivity index (χ1) is 6.70. The van der Waals surface area contributed by atoms with Crippen LogP contribution in [-0.2, 0) is 7.05 Å². The Morgan fingerprint density at radius 3 is 2.86 bits per heavy atom. The van der Waals surface area contributed by atoms with Crippen molar-refractivity contribution in [3.05, 3.63) is 35.5 Å². The average molecular weight is 192 g/mol. The van der Waals surface area contributed by atoms with Crippen molar-refractivity contribution >= 4 is 0 Å². The molecule has 2 rings (SSSR count). The van der Waals surface area contributed by atoms with Crippen molar-refractivity contribution in [3.63, 3.8) is 0 Å². The van der Waals surface area contributed by atoms with Gasteiger partial charge in [0.2, 0.25) is 0 Å². The summed E-state index contributed by atoms with van der Waals surface area (Å²) in [5.74, 6) is 0.832. The zero-order valence-corrected chi connectivity index (χ0v) is 8.14. The number of hydrogen-bond donors (Lipinski definition) is 1. The average Bonchev–Trinajstić information content (AvgIpc) is 2.73. The Morgan fingerprint density at radius 1 is 1.57 bits per heavy atom. The molecule has 14 heavy (non-hydrogen) atoms. The van der Waals surface area contributed by atoms with Crippen molar-refractivity contribution in [2.45, 2.75) is 13.0 Å². The van der Waals surface area contributed by atoms with E-state index in [1.54, 1.807) is 17.1 Å². The summed E-state index contributed by atoms with van der Waals surface area (Å²) >= 11 is 0. The van der Waals surface area contributed by atoms with E-state index in [2.05, 4.69) is 10.3 Å². The molecule has 0 spiro atoms. The zero-order valence-electron chi connectivity index (χ0n) is 8.14. The van der Waals surface area contributed by atoms with Crippen LogP contribution >= 0.6 is 0 Å². The topological polar surface area (TPSA) is 69.9 Å². The monoisotopic (exact) mass is 192 g/mol. The van der Waals surface area contributed by atoms with E-state index in [0.29, 0.717) is 0 Å². The second-order valence-corrected chi connectivity index (χ2v) is 3.19. The molecule has 0 bridgehead atoms. The Hall–Kier alpha value is -1.62. The van der Waals surface area contributed by atoms with Gasteiger partial charge in [0.1, 0.15) is 5.76 Å². The molecule has 5 nitrogen and oxygen atoms in total. The highest BCUT2D eigenvalue weighted by Gasteiger charge is 2.16. The van der Waals surface area contributed by atoms with E-state index in [0.717, 1.165) is 17.0 Å². The summed E-state index contributed by atoms with van der Waals surface area (Å²) in [4.78, 5) is 0. The first-order valence-corrected chi connectivity index (χ1v) is 4.34. The second-order valence-electron chi connectivity index (χ2n) is 3.19. The van der Waals surface area contributed by atoms with E-state index in [9.17, 15) is 0 Å². The maximum atomic E-state index is 6.05. The van der Waals surface area contributed by atoms with E-state index < -0.39 is 0 Å². The minimum atomic E-state index is -0.228. The third-order valence-electron chi connectivity index (χ3n) is 2.30. The third-order valence-corrected chi connectivity index (χ3v) is 2.30. The standard InChI is InChI=1S/C9H12N4O/c1-6-7(3-4-14-6)9(10)8-5-11-12-13(8)2/h3-5,9H,10H2,1-2H3. The SMILES string of the molecule is Cc1occc1C(N)c1cnnn1C. The minimum absolute atomic E-state index is 0.228. The van der Waals surface area contributed by atoms with E-state index in [1.165, 1.54) is 0 Å². The number of aromatic nitrogens is 3. The zero-order chi connectivity index (χ0) is 10.1. The molecule has 0 radical (unpaired) electrons. The predicted octanol–water partition coefficient (Wildman–Crippen LogP) is 0.765. The quantitative estimate of drug-likeness (QED) is 0.762. The van der Waals surface area contributed by atoms with Gasteiger partial charge in [0.25, 0.3) is 0 Å². The van der Waals surface area contributed by atoms with E-state index in [-0.39, 0.29) is 6.04 Å². The number of aryl methyl sites for hydroxylation is 2. The summed E-state index contributed by atoms with van der Waals surface area (Å²) in [6.45, 7) is 1.89. The van der Waals surface area contributed by atoms with E-state index in [1.807, 2.05) is 20.0 Å². The fourth-order valence-corrected chi connectivity index (χ4v) is 1.46. The van der Waals surface area contributed by atoms with Crippen LogP contribution in [0.2, 0.25) is 0 Å². The van der Waals surface area contributed by atoms with Crippen LogP contribution in [0.4, 0.5) is 0 Å². The molecule has 0 saturated heterocycles. The predicted molar refractivity (Wildman–Crippen MR) is 50.5 cm³/mol. The van der Waals surface area contributed by atoms with Crippen LogP contribution in [0, 0.1) is 6.92 Å². The Kier molecular flexibility index (Phi) is 2.09. The fourth-order valence-electron chi connectivity index (χ4n) is 1.46. The van der Waals surface area contributed by atoms with Gasteiger partial charge >= 0.3 is 0 Å². The highest BCUT2D eigenvalue weighted by atomic mass is 16.3. The molecule has 0 aromatic carbocycles. The van der Waals surface area contributed by atoms with Crippen molar-refractivity contribution in [2.75, 3.05) is 0 Å². The molecular weight excluding hydrogens is 180 g/mol. The van der Waals surface area contributed by atoms with Gasteiger partial charge in [-0.25, -0.2) is 0 Å². The summed E-state index contributed by atoms with van der Waals surface area (Å²) in [5.41, 5.74) is 7.88. The highest BCUT2D eigenvalue weighted by molar-refractivity contribution is 5.27. The van der Waals surface area contributed by atoms with E-state index >= 15 is 0 Å². The molecule has 5 heteroatoms. The van der Waals surface area contributed by atoms with Gasteiger partial charge in [-0.15, -0.1) is 5.10 Å². The summed E-state index contributed by atoms with van der Waals surface area (Å²) in [6.07, 6.45) is 3.30. The number of furan rings is 1. The summed E-state index contributed by atoms with van der Waals surface area (Å²) in [5, 5.41) is 7.62. The summed E-state index contributed by atoms with van der Waals surface area (Å²) in [7, 11) is 1.82. The summed E-state index contributed by atoms with van der Waals surface area (Å²) in [6, 6.07) is 1.64. The number of nitrogens with zero attached hydrogens (tertiary/aromatic N) is 3. The molecule has 74 valence electrons. The van der Waals surface area contributed by atoms with Gasteiger partial charge in [-0.05, 0) is 13.0 Å². The molecule has 0 aliphatic rings. The van der Waals surface area contributed by atoms with Crippen molar-refractivity contribution in [1.82, 2.24) is 15.0 Å². The molecule has 0 aliphatic heterocycles. The molecule has 2 heterocycles. The lowest BCUT2D eigenvalue weighted by atomic mass is 10.1. The van der Waals surface area contributed by atoms with Gasteiger partial charge < -0.3 is 10.2 Å². The molecule has 1 unspecified atom stereocenters. The Labute approximate surface area is 81.5 Å². The molecule has 0 amide bonds. The minimum Gasteiger partial charge on any atom is -0.469 e. The highest BCUT2D eigenvalue weighted by Crippen LogP contribution is 2.21. The van der Waals surface area contributed by atoms with Crippen LogP contribution in [0.1, 0.15) is 23.1 Å². The smallest absolute Gasteiger partial charge is 0.105 e. The molecule has 0 saturated carbocycles. The Bertz CT molecular complexity index is 391. The lowest BCUT2D eigenvalue weighted by Crippen LogP contribution is -2.16. The third kappa shape index (κ3) is 1.31. The normalized spacial score (nSPS) is 13.1. The molecule has 1 atom stereocenters. The maximum Gasteiger partial charge on any atom is 0.105 e. The summed E-state index contributed by atoms with van der Waals surface area (Å²) < 4.78 is 6.86. The van der Waals surface area contributed by atoms with Crippen molar-refractivity contribution in [2.24, 2.45) is 12.8 Å². The molecule has 2 aromatic rings. The second kappa shape index (κ2) is 3.26. The van der Waals surface area contributed by atoms with Crippen LogP contribution in [0.15, 0.2) is 22.9 Å².